The van der Waals surface area contributed by atoms with Crippen molar-refractivity contribution in [2.45, 2.75) is 58.9 Å². The lowest BCUT2D eigenvalue weighted by molar-refractivity contribution is -0.140. The molecule has 2 fully saturated rings. The number of H-pyrrole nitrogens is 1. The number of aromatic nitrogens is 1. The molecule has 4 heterocycles. The highest BCUT2D eigenvalue weighted by Crippen LogP contribution is 2.58. The number of carbonyl (C=O) groups is 4. The number of cyclic esters (lactones) is 1. The Hall–Kier alpha value is -5.19. The number of fused-ring (bicyclic) bond motifs is 6. The minimum absolute atomic E-state index is 0.0947. The van der Waals surface area contributed by atoms with Crippen molar-refractivity contribution in [3.05, 3.63) is 95.0 Å². The Morgan fingerprint density at radius 1 is 1.02 bits per heavy atom. The molecular weight excluding hydrogens is 634 g/mol. The summed E-state index contributed by atoms with van der Waals surface area (Å²) in [6, 6.07) is 17.7. The number of aliphatic imine (C=N–C) groups is 1. The minimum atomic E-state index is -1.40. The zero-order valence-corrected chi connectivity index (χ0v) is 29.0. The maximum atomic E-state index is 14.4. The van der Waals surface area contributed by atoms with Gasteiger partial charge in [-0.25, -0.2) is 14.5 Å². The Morgan fingerprint density at radius 3 is 2.48 bits per heavy atom. The summed E-state index contributed by atoms with van der Waals surface area (Å²) in [5.41, 5.74) is 3.01. The molecule has 4 atom stereocenters. The Labute approximate surface area is 291 Å². The van der Waals surface area contributed by atoms with Crippen molar-refractivity contribution in [1.29, 1.82) is 0 Å². The fourth-order valence-electron chi connectivity index (χ4n) is 8.51. The molecule has 3 unspecified atom stereocenters. The Morgan fingerprint density at radius 2 is 1.76 bits per heavy atom. The summed E-state index contributed by atoms with van der Waals surface area (Å²) in [5.74, 6) is -2.25. The van der Waals surface area contributed by atoms with E-state index in [-0.39, 0.29) is 36.6 Å². The number of para-hydroxylation sites is 1. The first-order chi connectivity index (χ1) is 24.3. The molecule has 11 heteroatoms. The first-order valence-corrected chi connectivity index (χ1v) is 17.7. The molecule has 3 aliphatic heterocycles. The molecule has 2 saturated heterocycles. The van der Waals surface area contributed by atoms with Gasteiger partial charge in [0.15, 0.2) is 0 Å². The van der Waals surface area contributed by atoms with Gasteiger partial charge in [0.1, 0.15) is 5.54 Å². The Balaban J connectivity index is 1.43. The topological polar surface area (TPSA) is 125 Å². The van der Waals surface area contributed by atoms with Crippen molar-refractivity contribution < 1.29 is 28.7 Å². The van der Waals surface area contributed by atoms with E-state index in [2.05, 4.69) is 11.1 Å². The van der Waals surface area contributed by atoms with E-state index in [9.17, 15) is 19.2 Å². The van der Waals surface area contributed by atoms with Gasteiger partial charge in [0, 0.05) is 61.2 Å². The van der Waals surface area contributed by atoms with Gasteiger partial charge in [-0.3, -0.25) is 19.5 Å². The van der Waals surface area contributed by atoms with E-state index in [1.807, 2.05) is 81.6 Å². The lowest BCUT2D eigenvalue weighted by Gasteiger charge is -2.51. The first-order valence-electron chi connectivity index (χ1n) is 17.7. The van der Waals surface area contributed by atoms with Crippen LogP contribution in [0.25, 0.3) is 10.9 Å². The quantitative estimate of drug-likeness (QED) is 0.254. The fourth-order valence-corrected chi connectivity index (χ4v) is 8.51. The Bertz CT molecular complexity index is 1940. The lowest BCUT2D eigenvalue weighted by Crippen LogP contribution is -2.63. The number of hydrogen-bond donors (Lipinski definition) is 1. The molecule has 0 saturated carbocycles. The van der Waals surface area contributed by atoms with E-state index in [4.69, 9.17) is 14.5 Å². The van der Waals surface area contributed by atoms with Crippen LogP contribution in [0.1, 0.15) is 51.7 Å². The van der Waals surface area contributed by atoms with Crippen molar-refractivity contribution in [2.75, 3.05) is 26.2 Å². The van der Waals surface area contributed by atoms with Crippen LogP contribution in [-0.4, -0.2) is 81.3 Å². The smallest absolute Gasteiger partial charge is 0.393 e. The predicted molar refractivity (Wildman–Crippen MR) is 188 cm³/mol. The van der Waals surface area contributed by atoms with E-state index < -0.39 is 35.5 Å². The molecule has 0 spiro atoms. The highest BCUT2D eigenvalue weighted by atomic mass is 16.6. The van der Waals surface area contributed by atoms with E-state index >= 15 is 0 Å². The van der Waals surface area contributed by atoms with Crippen molar-refractivity contribution in [2.24, 2.45) is 22.7 Å². The maximum absolute atomic E-state index is 14.4. The van der Waals surface area contributed by atoms with Crippen LogP contribution in [0, 0.1) is 17.8 Å². The molecule has 11 nitrogen and oxygen atoms in total. The Kier molecular flexibility index (Phi) is 8.84. The summed E-state index contributed by atoms with van der Waals surface area (Å²) >= 11 is 0. The summed E-state index contributed by atoms with van der Waals surface area (Å²) in [4.78, 5) is 68.7. The number of nitrogens with zero attached hydrogens (tertiary/aromatic N) is 4. The van der Waals surface area contributed by atoms with Crippen LogP contribution >= 0.6 is 0 Å². The lowest BCUT2D eigenvalue weighted by atomic mass is 9.59. The standard InChI is InChI=1S/C39H43N5O6/c1-5-26-28-18-19-29-31(34(46)43(8-4)33(29)45)32(28)39(22-24-14-10-9-11-15-24)36(40-21-20-25-23-41-30-17-13-12-16-27(25)30)50-38(48)44(39)35(26)49-37(47)42(6-2)7-3/h9-18,23,29,31-32,41H,5-8,19-22H2,1-4H3/t29?,31?,32?,39-/m0/s1. The second-order valence-corrected chi connectivity index (χ2v) is 13.2. The van der Waals surface area contributed by atoms with E-state index in [1.54, 1.807) is 11.8 Å². The van der Waals surface area contributed by atoms with Gasteiger partial charge in [-0.1, -0.05) is 61.5 Å². The second-order valence-electron chi connectivity index (χ2n) is 13.2. The summed E-state index contributed by atoms with van der Waals surface area (Å²) in [5, 5.41) is 1.09. The first kappa shape index (κ1) is 33.3. The number of carbonyl (C=O) groups excluding carboxylic acids is 4. The van der Waals surface area contributed by atoms with Crippen LogP contribution in [0.2, 0.25) is 0 Å². The molecule has 1 aliphatic carbocycles. The van der Waals surface area contributed by atoms with Gasteiger partial charge in [0.2, 0.25) is 23.6 Å². The summed E-state index contributed by atoms with van der Waals surface area (Å²) in [7, 11) is 0. The number of allylic oxidation sites excluding steroid dienone is 2. The number of rotatable bonds is 10. The van der Waals surface area contributed by atoms with Crippen molar-refractivity contribution in [3.8, 4) is 0 Å². The SMILES string of the molecule is CCC1=C(OC(=O)N(CC)CC)N2C(=O)OC(=NCCc3c[nH]c4ccccc34)[C@]2(Cc2ccccc2)C2C1=CCC1C(=O)N(CC)C(=O)C12. The summed E-state index contributed by atoms with van der Waals surface area (Å²) < 4.78 is 12.4. The number of benzene rings is 2. The predicted octanol–water partition coefficient (Wildman–Crippen LogP) is 6.22. The van der Waals surface area contributed by atoms with Crippen LogP contribution < -0.4 is 0 Å². The minimum Gasteiger partial charge on any atom is -0.393 e. The van der Waals surface area contributed by atoms with Gasteiger partial charge in [-0.05, 0) is 62.8 Å². The zero-order valence-electron chi connectivity index (χ0n) is 29.0. The highest BCUT2D eigenvalue weighted by molar-refractivity contribution is 6.09. The monoisotopic (exact) mass is 677 g/mol. The molecule has 260 valence electrons. The van der Waals surface area contributed by atoms with Crippen molar-refractivity contribution >= 4 is 40.8 Å². The van der Waals surface area contributed by atoms with Gasteiger partial charge in [0.05, 0.1) is 11.8 Å². The molecule has 4 aliphatic rings. The molecule has 1 N–H and O–H groups in total. The van der Waals surface area contributed by atoms with Gasteiger partial charge in [0.25, 0.3) is 0 Å². The average molecular weight is 678 g/mol. The van der Waals surface area contributed by atoms with E-state index in [0.717, 1.165) is 27.6 Å². The number of likely N-dealkylation sites (tertiary alicyclic amines) is 1. The molecule has 0 bridgehead atoms. The van der Waals surface area contributed by atoms with Crippen LogP contribution in [0.4, 0.5) is 9.59 Å². The normalized spacial score (nSPS) is 25.1. The van der Waals surface area contributed by atoms with Crippen LogP contribution in [-0.2, 0) is 31.9 Å². The van der Waals surface area contributed by atoms with Gasteiger partial charge in [-0.15, -0.1) is 0 Å². The van der Waals surface area contributed by atoms with Gasteiger partial charge < -0.3 is 19.4 Å². The average Bonchev–Trinajstić information content (AvgIpc) is 3.74. The maximum Gasteiger partial charge on any atom is 0.424 e. The van der Waals surface area contributed by atoms with Crippen molar-refractivity contribution in [3.63, 3.8) is 0 Å². The number of imide groups is 1. The summed E-state index contributed by atoms with van der Waals surface area (Å²) in [6.45, 7) is 8.86. The third kappa shape index (κ3) is 5.13. The van der Waals surface area contributed by atoms with Crippen LogP contribution in [0.5, 0.6) is 0 Å². The molecule has 2 aromatic carbocycles. The molecule has 1 aromatic heterocycles. The number of aromatic amines is 1. The third-order valence-corrected chi connectivity index (χ3v) is 10.8. The second kappa shape index (κ2) is 13.3. The van der Waals surface area contributed by atoms with Crippen LogP contribution in [0.3, 0.4) is 0 Å². The number of hydrogen-bond acceptors (Lipinski definition) is 7. The van der Waals surface area contributed by atoms with Gasteiger partial charge in [-0.2, -0.15) is 0 Å². The largest absolute Gasteiger partial charge is 0.424 e. The zero-order chi connectivity index (χ0) is 35.2. The molecule has 50 heavy (non-hydrogen) atoms. The molecular formula is C39H43N5O6. The molecule has 7 rings (SSSR count). The van der Waals surface area contributed by atoms with Crippen LogP contribution in [0.15, 0.2) is 88.9 Å². The fraction of sp³-hybridized carbons (Fsp3) is 0.410. The highest BCUT2D eigenvalue weighted by Gasteiger charge is 2.69. The number of nitrogens with one attached hydrogen (secondary N) is 1. The van der Waals surface area contributed by atoms with E-state index in [1.165, 1.54) is 9.80 Å². The van der Waals surface area contributed by atoms with Gasteiger partial charge >= 0.3 is 12.2 Å². The van der Waals surface area contributed by atoms with E-state index in [0.29, 0.717) is 44.5 Å². The molecule has 3 aromatic rings. The van der Waals surface area contributed by atoms with Crippen molar-refractivity contribution in [1.82, 2.24) is 19.7 Å². The number of amides is 4. The summed E-state index contributed by atoms with van der Waals surface area (Å²) in [6.07, 6.45) is 4.22. The molecule has 4 amide bonds. The third-order valence-electron chi connectivity index (χ3n) is 10.8. The molecule has 0 radical (unpaired) electrons. The number of ether oxygens (including phenoxy) is 2.